The molecule has 2 N–H and O–H groups in total. The van der Waals surface area contributed by atoms with Crippen LogP contribution in [0, 0.1) is 0 Å². The molecule has 0 radical (unpaired) electrons. The standard InChI is InChI=1S/C14H21N3O/c1-3-16(4-2)14(18)17-10-12(15)9-11-7-5-6-8-13(11)17/h5-8,12H,3-4,9-10,15H2,1-2H3. The van der Waals surface area contributed by atoms with Crippen LogP contribution in [0.15, 0.2) is 24.3 Å². The van der Waals surface area contributed by atoms with E-state index in [1.54, 1.807) is 0 Å². The van der Waals surface area contributed by atoms with E-state index in [4.69, 9.17) is 5.73 Å². The van der Waals surface area contributed by atoms with Crippen molar-refractivity contribution in [2.75, 3.05) is 24.5 Å². The summed E-state index contributed by atoms with van der Waals surface area (Å²) < 4.78 is 0. The molecule has 1 aliphatic heterocycles. The van der Waals surface area contributed by atoms with Crippen molar-refractivity contribution >= 4 is 11.7 Å². The predicted octanol–water partition coefficient (Wildman–Crippen LogP) is 1.84. The number of amides is 2. The van der Waals surface area contributed by atoms with Crippen molar-refractivity contribution in [1.82, 2.24) is 4.90 Å². The van der Waals surface area contributed by atoms with Crippen molar-refractivity contribution in [3.63, 3.8) is 0 Å². The first-order valence-electron chi connectivity index (χ1n) is 6.57. The number of carbonyl (C=O) groups is 1. The second kappa shape index (κ2) is 5.40. The minimum atomic E-state index is 0.0272. The Morgan fingerprint density at radius 2 is 2.06 bits per heavy atom. The molecule has 0 saturated heterocycles. The van der Waals surface area contributed by atoms with Crippen LogP contribution >= 0.6 is 0 Å². The molecule has 1 unspecified atom stereocenters. The van der Waals surface area contributed by atoms with E-state index in [1.165, 1.54) is 0 Å². The maximum atomic E-state index is 12.5. The lowest BCUT2D eigenvalue weighted by Crippen LogP contribution is -2.51. The van der Waals surface area contributed by atoms with Gasteiger partial charge in [0, 0.05) is 31.4 Å². The quantitative estimate of drug-likeness (QED) is 0.867. The molecule has 4 nitrogen and oxygen atoms in total. The van der Waals surface area contributed by atoms with Crippen LogP contribution in [0.4, 0.5) is 10.5 Å². The Morgan fingerprint density at radius 1 is 1.39 bits per heavy atom. The molecule has 98 valence electrons. The highest BCUT2D eigenvalue weighted by Crippen LogP contribution is 2.27. The van der Waals surface area contributed by atoms with E-state index in [0.717, 1.165) is 30.8 Å². The van der Waals surface area contributed by atoms with Gasteiger partial charge in [-0.2, -0.15) is 0 Å². The number of nitrogens with zero attached hydrogens (tertiary/aromatic N) is 2. The fraction of sp³-hybridized carbons (Fsp3) is 0.500. The zero-order valence-corrected chi connectivity index (χ0v) is 11.1. The number of fused-ring (bicyclic) bond motifs is 1. The van der Waals surface area contributed by atoms with E-state index < -0.39 is 0 Å². The number of benzene rings is 1. The van der Waals surface area contributed by atoms with Gasteiger partial charge in [-0.3, -0.25) is 4.90 Å². The Balaban J connectivity index is 2.31. The summed E-state index contributed by atoms with van der Waals surface area (Å²) in [6, 6.07) is 8.11. The minimum Gasteiger partial charge on any atom is -0.326 e. The van der Waals surface area contributed by atoms with Gasteiger partial charge in [0.1, 0.15) is 0 Å². The Morgan fingerprint density at radius 3 is 2.72 bits per heavy atom. The summed E-state index contributed by atoms with van der Waals surface area (Å²) in [5, 5.41) is 0. The number of nitrogens with two attached hydrogens (primary N) is 1. The van der Waals surface area contributed by atoms with Crippen molar-refractivity contribution in [3.8, 4) is 0 Å². The molecule has 0 saturated carbocycles. The number of hydrogen-bond acceptors (Lipinski definition) is 2. The highest BCUT2D eigenvalue weighted by atomic mass is 16.2. The van der Waals surface area contributed by atoms with E-state index in [1.807, 2.05) is 41.8 Å². The first kappa shape index (κ1) is 12.9. The average molecular weight is 247 g/mol. The molecule has 0 aliphatic carbocycles. The van der Waals surface area contributed by atoms with E-state index in [2.05, 4.69) is 6.07 Å². The summed E-state index contributed by atoms with van der Waals surface area (Å²) in [7, 11) is 0. The smallest absolute Gasteiger partial charge is 0.324 e. The van der Waals surface area contributed by atoms with Crippen molar-refractivity contribution in [3.05, 3.63) is 29.8 Å². The van der Waals surface area contributed by atoms with Crippen LogP contribution in [0.2, 0.25) is 0 Å². The molecule has 0 fully saturated rings. The number of urea groups is 1. The van der Waals surface area contributed by atoms with Crippen molar-refractivity contribution in [1.29, 1.82) is 0 Å². The lowest BCUT2D eigenvalue weighted by Gasteiger charge is -2.36. The van der Waals surface area contributed by atoms with Gasteiger partial charge in [0.2, 0.25) is 0 Å². The van der Waals surface area contributed by atoms with Gasteiger partial charge in [0.15, 0.2) is 0 Å². The number of hydrogen-bond donors (Lipinski definition) is 1. The van der Waals surface area contributed by atoms with Gasteiger partial charge in [-0.15, -0.1) is 0 Å². The molecule has 18 heavy (non-hydrogen) atoms. The molecule has 4 heteroatoms. The summed E-state index contributed by atoms with van der Waals surface area (Å²) >= 11 is 0. The number of carbonyl (C=O) groups excluding carboxylic acids is 1. The van der Waals surface area contributed by atoms with Gasteiger partial charge < -0.3 is 10.6 Å². The van der Waals surface area contributed by atoms with Crippen LogP contribution in [0.25, 0.3) is 0 Å². The van der Waals surface area contributed by atoms with Crippen LogP contribution in [-0.2, 0) is 6.42 Å². The monoisotopic (exact) mass is 247 g/mol. The van der Waals surface area contributed by atoms with Gasteiger partial charge in [-0.25, -0.2) is 4.79 Å². The van der Waals surface area contributed by atoms with Gasteiger partial charge in [-0.05, 0) is 31.9 Å². The molecule has 2 rings (SSSR count). The molecule has 1 aromatic rings. The molecule has 0 aromatic heterocycles. The Labute approximate surface area is 108 Å². The molecule has 0 bridgehead atoms. The second-order valence-corrected chi connectivity index (χ2v) is 4.66. The second-order valence-electron chi connectivity index (χ2n) is 4.66. The molecule has 1 aromatic carbocycles. The summed E-state index contributed by atoms with van der Waals surface area (Å²) in [6.07, 6.45) is 0.845. The normalized spacial score (nSPS) is 18.4. The molecule has 0 spiro atoms. The molecule has 1 atom stereocenters. The first-order chi connectivity index (χ1) is 8.67. The summed E-state index contributed by atoms with van der Waals surface area (Å²) in [5.41, 5.74) is 8.22. The number of para-hydroxylation sites is 1. The molecular weight excluding hydrogens is 226 g/mol. The highest BCUT2D eigenvalue weighted by Gasteiger charge is 2.28. The predicted molar refractivity (Wildman–Crippen MR) is 73.8 cm³/mol. The highest BCUT2D eigenvalue weighted by molar-refractivity contribution is 5.93. The number of anilines is 1. The van der Waals surface area contributed by atoms with Gasteiger partial charge >= 0.3 is 6.03 Å². The summed E-state index contributed by atoms with van der Waals surface area (Å²) in [6.45, 7) is 6.05. The third-order valence-electron chi connectivity index (χ3n) is 3.45. The van der Waals surface area contributed by atoms with E-state index in [-0.39, 0.29) is 12.1 Å². The maximum absolute atomic E-state index is 12.5. The SMILES string of the molecule is CCN(CC)C(=O)N1CC(N)Cc2ccccc21. The van der Waals surface area contributed by atoms with Gasteiger partial charge in [-0.1, -0.05) is 18.2 Å². The molecule has 1 aliphatic rings. The number of rotatable bonds is 2. The van der Waals surface area contributed by atoms with Crippen LogP contribution in [-0.4, -0.2) is 36.6 Å². The Kier molecular flexibility index (Phi) is 3.87. The average Bonchev–Trinajstić information content (AvgIpc) is 2.39. The van der Waals surface area contributed by atoms with E-state index in [0.29, 0.717) is 6.54 Å². The van der Waals surface area contributed by atoms with Crippen molar-refractivity contribution < 1.29 is 4.79 Å². The zero-order chi connectivity index (χ0) is 13.1. The van der Waals surface area contributed by atoms with Crippen LogP contribution < -0.4 is 10.6 Å². The zero-order valence-electron chi connectivity index (χ0n) is 11.1. The lowest BCUT2D eigenvalue weighted by atomic mass is 9.99. The summed E-state index contributed by atoms with van der Waals surface area (Å²) in [4.78, 5) is 16.1. The van der Waals surface area contributed by atoms with E-state index >= 15 is 0 Å². The maximum Gasteiger partial charge on any atom is 0.324 e. The minimum absolute atomic E-state index is 0.0272. The fourth-order valence-corrected chi connectivity index (χ4v) is 2.47. The molecule has 1 heterocycles. The third kappa shape index (κ3) is 2.34. The lowest BCUT2D eigenvalue weighted by molar-refractivity contribution is 0.209. The topological polar surface area (TPSA) is 49.6 Å². The molecule has 2 amide bonds. The molecular formula is C14H21N3O. The van der Waals surface area contributed by atoms with Crippen LogP contribution in [0.5, 0.6) is 0 Å². The van der Waals surface area contributed by atoms with Crippen LogP contribution in [0.1, 0.15) is 19.4 Å². The van der Waals surface area contributed by atoms with Gasteiger partial charge in [0.05, 0.1) is 0 Å². The fourth-order valence-electron chi connectivity index (χ4n) is 2.47. The summed E-state index contributed by atoms with van der Waals surface area (Å²) in [5.74, 6) is 0. The van der Waals surface area contributed by atoms with Crippen molar-refractivity contribution in [2.24, 2.45) is 5.73 Å². The van der Waals surface area contributed by atoms with Crippen LogP contribution in [0.3, 0.4) is 0 Å². The first-order valence-corrected chi connectivity index (χ1v) is 6.57. The largest absolute Gasteiger partial charge is 0.326 e. The Bertz CT molecular complexity index is 429. The third-order valence-corrected chi connectivity index (χ3v) is 3.45. The van der Waals surface area contributed by atoms with E-state index in [9.17, 15) is 4.79 Å². The van der Waals surface area contributed by atoms with Gasteiger partial charge in [0.25, 0.3) is 0 Å². The van der Waals surface area contributed by atoms with Crippen molar-refractivity contribution in [2.45, 2.75) is 26.3 Å². The Hall–Kier alpha value is -1.55.